The monoisotopic (exact) mass is 154 g/mol. The van der Waals surface area contributed by atoms with E-state index in [1.807, 2.05) is 0 Å². The zero-order chi connectivity index (χ0) is 3.91. The van der Waals surface area contributed by atoms with Crippen LogP contribution in [0.2, 0.25) is 0 Å². The zero-order valence-corrected chi connectivity index (χ0v) is 5.01. The van der Waals surface area contributed by atoms with E-state index in [1.54, 1.807) is 0 Å². The van der Waals surface area contributed by atoms with Crippen molar-refractivity contribution in [3.8, 4) is 0 Å². The van der Waals surface area contributed by atoms with Crippen molar-refractivity contribution in [3.63, 3.8) is 0 Å². The molecule has 0 N–H and O–H groups in total. The van der Waals surface area contributed by atoms with Gasteiger partial charge in [-0.1, -0.05) is 15.9 Å². The summed E-state index contributed by atoms with van der Waals surface area (Å²) >= 11 is 8.81. The fraction of sp³-hybridized carbons (Fsp3) is 1.00. The first kappa shape index (κ1) is 3.94. The number of hydrogen-bond acceptors (Lipinski definition) is 0. The minimum Gasteiger partial charge on any atom is -0.107 e. The summed E-state index contributed by atoms with van der Waals surface area (Å²) in [7, 11) is 0. The molecular weight excluding hydrogens is 151 g/mol. The quantitative estimate of drug-likeness (QED) is 0.470. The Kier molecular flexibility index (Phi) is 0.695. The maximum atomic E-state index is 5.56. The summed E-state index contributed by atoms with van der Waals surface area (Å²) in [5.74, 6) is 0. The molecule has 30 valence electrons. The topological polar surface area (TPSA) is 0 Å². The average molecular weight is 155 g/mol. The van der Waals surface area contributed by atoms with Gasteiger partial charge >= 0.3 is 0 Å². The Morgan fingerprint density at radius 1 is 1.60 bits per heavy atom. The molecule has 0 atom stereocenters. The van der Waals surface area contributed by atoms with Crippen molar-refractivity contribution in [3.05, 3.63) is 0 Å². The smallest absolute Gasteiger partial charge is 0.0994 e. The summed E-state index contributed by atoms with van der Waals surface area (Å²) in [6.45, 7) is 0. The van der Waals surface area contributed by atoms with Crippen LogP contribution < -0.4 is 0 Å². The van der Waals surface area contributed by atoms with Gasteiger partial charge in [-0.25, -0.2) is 0 Å². The van der Waals surface area contributed by atoms with Crippen LogP contribution in [0.25, 0.3) is 0 Å². The van der Waals surface area contributed by atoms with E-state index in [-0.39, 0.29) is 3.78 Å². The van der Waals surface area contributed by atoms with Crippen molar-refractivity contribution in [2.24, 2.45) is 0 Å². The number of alkyl halides is 2. The lowest BCUT2D eigenvalue weighted by molar-refractivity contribution is 1.42. The van der Waals surface area contributed by atoms with E-state index in [4.69, 9.17) is 11.6 Å². The summed E-state index contributed by atoms with van der Waals surface area (Å²) < 4.78 is 0.0347. The van der Waals surface area contributed by atoms with Gasteiger partial charge in [0.25, 0.3) is 0 Å². The third-order valence-electron chi connectivity index (χ3n) is 0.628. The van der Waals surface area contributed by atoms with E-state index < -0.39 is 0 Å². The van der Waals surface area contributed by atoms with Gasteiger partial charge in [0.1, 0.15) is 0 Å². The van der Waals surface area contributed by atoms with E-state index in [1.165, 1.54) is 0 Å². The molecule has 0 aliphatic heterocycles. The van der Waals surface area contributed by atoms with E-state index in [2.05, 4.69) is 15.9 Å². The van der Waals surface area contributed by atoms with Crippen LogP contribution >= 0.6 is 27.5 Å². The van der Waals surface area contributed by atoms with Crippen LogP contribution in [0.1, 0.15) is 12.8 Å². The normalized spacial score (nSPS) is 30.0. The van der Waals surface area contributed by atoms with Gasteiger partial charge in [-0.2, -0.15) is 0 Å². The predicted octanol–water partition coefficient (Wildman–Crippen LogP) is 2.11. The molecule has 1 fully saturated rings. The molecule has 1 aliphatic rings. The molecule has 1 aliphatic carbocycles. The Balaban J connectivity index is 2.38. The third kappa shape index (κ3) is 1.10. The van der Waals surface area contributed by atoms with E-state index >= 15 is 0 Å². The molecule has 0 spiro atoms. The first-order valence-electron chi connectivity index (χ1n) is 1.59. The molecule has 0 bridgehead atoms. The lowest BCUT2D eigenvalue weighted by atomic mass is 11.0. The van der Waals surface area contributed by atoms with E-state index in [0.717, 1.165) is 12.8 Å². The highest BCUT2D eigenvalue weighted by Gasteiger charge is 2.36. The summed E-state index contributed by atoms with van der Waals surface area (Å²) in [6, 6.07) is 0. The van der Waals surface area contributed by atoms with Crippen LogP contribution in [0.3, 0.4) is 0 Å². The number of halogens is 2. The van der Waals surface area contributed by atoms with E-state index in [0.29, 0.717) is 0 Å². The maximum Gasteiger partial charge on any atom is 0.0994 e. The minimum absolute atomic E-state index is 0.0347. The molecule has 0 unspecified atom stereocenters. The van der Waals surface area contributed by atoms with Crippen molar-refractivity contribution in [2.75, 3.05) is 0 Å². The summed E-state index contributed by atoms with van der Waals surface area (Å²) in [6.07, 6.45) is 2.27. The largest absolute Gasteiger partial charge is 0.107 e. The van der Waals surface area contributed by atoms with E-state index in [9.17, 15) is 0 Å². The molecule has 0 heterocycles. The predicted molar refractivity (Wildman–Crippen MR) is 26.7 cm³/mol. The highest BCUT2D eigenvalue weighted by atomic mass is 79.9. The minimum atomic E-state index is 0.0347. The van der Waals surface area contributed by atoms with Crippen LogP contribution in [0.4, 0.5) is 0 Å². The zero-order valence-electron chi connectivity index (χ0n) is 2.67. The molecule has 0 saturated heterocycles. The molecule has 0 radical (unpaired) electrons. The van der Waals surface area contributed by atoms with Crippen LogP contribution in [-0.4, -0.2) is 3.78 Å². The first-order valence-corrected chi connectivity index (χ1v) is 2.76. The van der Waals surface area contributed by atoms with Gasteiger partial charge < -0.3 is 0 Å². The van der Waals surface area contributed by atoms with Crippen LogP contribution in [0.5, 0.6) is 0 Å². The van der Waals surface area contributed by atoms with Crippen molar-refractivity contribution in [2.45, 2.75) is 16.6 Å². The Bertz CT molecular complexity index is 44.9. The molecule has 0 aromatic carbocycles. The molecule has 0 amide bonds. The van der Waals surface area contributed by atoms with Gasteiger partial charge in [0.05, 0.1) is 3.78 Å². The molecular formula is C3H4BrCl. The van der Waals surface area contributed by atoms with Gasteiger partial charge in [0, 0.05) is 0 Å². The maximum absolute atomic E-state index is 5.56. The lowest BCUT2D eigenvalue weighted by Crippen LogP contribution is -1.71. The Labute approximate surface area is 44.6 Å². The van der Waals surface area contributed by atoms with Gasteiger partial charge in [0.15, 0.2) is 0 Å². The molecule has 5 heavy (non-hydrogen) atoms. The second-order valence-corrected chi connectivity index (χ2v) is 4.05. The third-order valence-corrected chi connectivity index (χ3v) is 1.80. The molecule has 0 aromatic rings. The summed E-state index contributed by atoms with van der Waals surface area (Å²) in [5.41, 5.74) is 0. The highest BCUT2D eigenvalue weighted by Crippen LogP contribution is 2.48. The van der Waals surface area contributed by atoms with Gasteiger partial charge in [-0.3, -0.25) is 0 Å². The number of hydrogen-bond donors (Lipinski definition) is 0. The van der Waals surface area contributed by atoms with Gasteiger partial charge in [-0.05, 0) is 12.8 Å². The summed E-state index contributed by atoms with van der Waals surface area (Å²) in [5, 5.41) is 0. The molecule has 1 rings (SSSR count). The number of rotatable bonds is 0. The van der Waals surface area contributed by atoms with Crippen molar-refractivity contribution >= 4 is 27.5 Å². The Morgan fingerprint density at radius 3 is 1.80 bits per heavy atom. The average Bonchev–Trinajstić information content (AvgIpc) is 1.76. The first-order chi connectivity index (χ1) is 2.21. The van der Waals surface area contributed by atoms with Gasteiger partial charge in [-0.15, -0.1) is 11.6 Å². The molecule has 0 nitrogen and oxygen atoms in total. The SMILES string of the molecule is ClC1(Br)CC1. The van der Waals surface area contributed by atoms with Crippen molar-refractivity contribution < 1.29 is 0 Å². The van der Waals surface area contributed by atoms with Crippen LogP contribution in [-0.2, 0) is 0 Å². The second kappa shape index (κ2) is 0.881. The summed E-state index contributed by atoms with van der Waals surface area (Å²) in [4.78, 5) is 0. The highest BCUT2D eigenvalue weighted by molar-refractivity contribution is 9.10. The van der Waals surface area contributed by atoms with Crippen LogP contribution in [0, 0.1) is 0 Å². The lowest BCUT2D eigenvalue weighted by Gasteiger charge is -1.79. The molecule has 2 heteroatoms. The van der Waals surface area contributed by atoms with Gasteiger partial charge in [0.2, 0.25) is 0 Å². The fourth-order valence-electron chi connectivity index (χ4n) is 0.0945. The standard InChI is InChI=1S/C3H4BrCl/c4-3(5)1-2-3/h1-2H2. The molecule has 0 aromatic heterocycles. The van der Waals surface area contributed by atoms with Crippen molar-refractivity contribution in [1.82, 2.24) is 0 Å². The fourth-order valence-corrected chi connectivity index (χ4v) is 0.387. The second-order valence-electron chi connectivity index (χ2n) is 1.36. The molecule has 1 saturated carbocycles. The van der Waals surface area contributed by atoms with Crippen LogP contribution in [0.15, 0.2) is 0 Å². The van der Waals surface area contributed by atoms with Crippen molar-refractivity contribution in [1.29, 1.82) is 0 Å². The Hall–Kier alpha value is 0.770. The Morgan fingerprint density at radius 2 is 1.80 bits per heavy atom.